The van der Waals surface area contributed by atoms with Crippen LogP contribution in [-0.4, -0.2) is 41.6 Å². The molecule has 10 atom stereocenters. The largest absolute Gasteiger partial charge is 0.462 e. The standard InChI is InChI=1S/C35H55NO9/c1-20-11-13-34(14-12-20)42-44-35(45-43-34)16-15-32(5)24(19-35)17-28(40-22(3)37)31-26-9-8-25(21(2)7-10-30(36)39)33(26,6)29(18-27(31)32)41-23(4)38/h20-21,24-29,31H,7-19H2,1-6H3,(H2,36,39)/t20?,21-,24?,25-,26?,27?,28-,29+,31?,32+,33-,34?,35?/m1/s1. The first-order valence-electron chi connectivity index (χ1n) is 17.6. The first-order valence-corrected chi connectivity index (χ1v) is 17.6. The van der Waals surface area contributed by atoms with Gasteiger partial charge in [0.25, 0.3) is 0 Å². The summed E-state index contributed by atoms with van der Waals surface area (Å²) in [4.78, 5) is 61.3. The average Bonchev–Trinajstić information content (AvgIpc) is 3.34. The van der Waals surface area contributed by atoms with Crippen molar-refractivity contribution >= 4 is 17.8 Å². The van der Waals surface area contributed by atoms with Crippen molar-refractivity contribution in [2.45, 2.75) is 149 Å². The van der Waals surface area contributed by atoms with Crippen LogP contribution >= 0.6 is 0 Å². The van der Waals surface area contributed by atoms with E-state index in [0.29, 0.717) is 44.4 Å². The molecule has 4 unspecified atom stereocenters. The lowest BCUT2D eigenvalue weighted by Crippen LogP contribution is -2.65. The number of ether oxygens (including phenoxy) is 2. The van der Waals surface area contributed by atoms with Gasteiger partial charge in [0.1, 0.15) is 12.2 Å². The molecule has 0 aromatic rings. The summed E-state index contributed by atoms with van der Waals surface area (Å²) in [6.45, 7) is 12.1. The number of esters is 2. The van der Waals surface area contributed by atoms with Crippen molar-refractivity contribution in [3.63, 3.8) is 0 Å². The summed E-state index contributed by atoms with van der Waals surface area (Å²) in [7, 11) is 0. The van der Waals surface area contributed by atoms with Crippen molar-refractivity contribution in [3.05, 3.63) is 0 Å². The van der Waals surface area contributed by atoms with Gasteiger partial charge in [-0.15, -0.1) is 0 Å². The van der Waals surface area contributed by atoms with Crippen LogP contribution in [0.25, 0.3) is 0 Å². The summed E-state index contributed by atoms with van der Waals surface area (Å²) in [5.41, 5.74) is 5.12. The highest BCUT2D eigenvalue weighted by Crippen LogP contribution is 2.70. The van der Waals surface area contributed by atoms with Crippen LogP contribution < -0.4 is 5.73 Å². The van der Waals surface area contributed by atoms with Crippen LogP contribution in [0.2, 0.25) is 0 Å². The van der Waals surface area contributed by atoms with Crippen molar-refractivity contribution in [3.8, 4) is 0 Å². The van der Waals surface area contributed by atoms with E-state index in [-0.39, 0.29) is 76.4 Å². The molecule has 2 spiro atoms. The van der Waals surface area contributed by atoms with E-state index in [1.54, 1.807) is 0 Å². The summed E-state index contributed by atoms with van der Waals surface area (Å²) < 4.78 is 12.5. The number of hydrogen-bond acceptors (Lipinski definition) is 9. The molecule has 1 aliphatic heterocycles. The van der Waals surface area contributed by atoms with E-state index in [0.717, 1.165) is 44.9 Å². The van der Waals surface area contributed by atoms with Crippen LogP contribution in [0.1, 0.15) is 125 Å². The molecule has 5 saturated carbocycles. The number of rotatable bonds is 6. The number of carbonyl (C=O) groups is 3. The smallest absolute Gasteiger partial charge is 0.302 e. The molecule has 5 aliphatic carbocycles. The van der Waals surface area contributed by atoms with E-state index >= 15 is 0 Å². The van der Waals surface area contributed by atoms with E-state index in [2.05, 4.69) is 27.7 Å². The molecule has 6 fully saturated rings. The molecule has 1 heterocycles. The van der Waals surface area contributed by atoms with Crippen LogP contribution in [0.15, 0.2) is 0 Å². The first-order chi connectivity index (χ1) is 21.2. The highest BCUT2D eigenvalue weighted by Gasteiger charge is 2.69. The fourth-order valence-electron chi connectivity index (χ4n) is 11.2. The van der Waals surface area contributed by atoms with Crippen molar-refractivity contribution in [2.75, 3.05) is 0 Å². The molecule has 10 heteroatoms. The number of amides is 1. The Hall–Kier alpha value is -1.75. The van der Waals surface area contributed by atoms with Crippen molar-refractivity contribution in [1.82, 2.24) is 0 Å². The highest BCUT2D eigenvalue weighted by molar-refractivity contribution is 5.73. The maximum atomic E-state index is 12.6. The molecule has 0 aromatic heterocycles. The van der Waals surface area contributed by atoms with Gasteiger partial charge in [0, 0.05) is 57.3 Å². The van der Waals surface area contributed by atoms with Gasteiger partial charge in [-0.25, -0.2) is 0 Å². The fraction of sp³-hybridized carbons (Fsp3) is 0.914. The van der Waals surface area contributed by atoms with Crippen molar-refractivity contribution in [1.29, 1.82) is 0 Å². The molecule has 0 bridgehead atoms. The second-order valence-electron chi connectivity index (χ2n) is 16.3. The van der Waals surface area contributed by atoms with Crippen LogP contribution in [0.4, 0.5) is 0 Å². The first kappa shape index (κ1) is 33.2. The lowest BCUT2D eigenvalue weighted by atomic mass is 9.42. The topological polar surface area (TPSA) is 133 Å². The van der Waals surface area contributed by atoms with Crippen LogP contribution in [0, 0.1) is 52.3 Å². The van der Waals surface area contributed by atoms with Crippen LogP contribution in [-0.2, 0) is 43.4 Å². The molecule has 45 heavy (non-hydrogen) atoms. The zero-order valence-corrected chi connectivity index (χ0v) is 28.1. The van der Waals surface area contributed by atoms with Gasteiger partial charge in [-0.05, 0) is 92.3 Å². The number of fused-ring (bicyclic) bond motifs is 5. The fourth-order valence-corrected chi connectivity index (χ4v) is 11.2. The van der Waals surface area contributed by atoms with E-state index < -0.39 is 11.6 Å². The van der Waals surface area contributed by atoms with Gasteiger partial charge < -0.3 is 15.2 Å². The molecule has 2 N–H and O–H groups in total. The number of primary amides is 1. The molecule has 0 radical (unpaired) electrons. The van der Waals surface area contributed by atoms with E-state index in [1.807, 2.05) is 0 Å². The molecular weight excluding hydrogens is 578 g/mol. The second-order valence-corrected chi connectivity index (χ2v) is 16.3. The normalized spacial score (nSPS) is 48.1. The van der Waals surface area contributed by atoms with Gasteiger partial charge in [-0.2, -0.15) is 19.6 Å². The monoisotopic (exact) mass is 633 g/mol. The van der Waals surface area contributed by atoms with Gasteiger partial charge in [0.15, 0.2) is 0 Å². The van der Waals surface area contributed by atoms with E-state index in [1.165, 1.54) is 13.8 Å². The summed E-state index contributed by atoms with van der Waals surface area (Å²) in [5, 5.41) is 0. The molecule has 254 valence electrons. The third-order valence-electron chi connectivity index (χ3n) is 13.7. The maximum Gasteiger partial charge on any atom is 0.302 e. The summed E-state index contributed by atoms with van der Waals surface area (Å²) in [6, 6.07) is 0. The Balaban J connectivity index is 1.28. The van der Waals surface area contributed by atoms with Crippen LogP contribution in [0.3, 0.4) is 0 Å². The zero-order valence-electron chi connectivity index (χ0n) is 28.1. The van der Waals surface area contributed by atoms with Gasteiger partial charge in [0.05, 0.1) is 0 Å². The van der Waals surface area contributed by atoms with Gasteiger partial charge in [-0.3, -0.25) is 14.4 Å². The van der Waals surface area contributed by atoms with Gasteiger partial charge >= 0.3 is 11.9 Å². The minimum Gasteiger partial charge on any atom is -0.462 e. The maximum absolute atomic E-state index is 12.6. The minimum atomic E-state index is -1.00. The number of hydrogen-bond donors (Lipinski definition) is 1. The number of nitrogens with two attached hydrogens (primary N) is 1. The minimum absolute atomic E-state index is 0.107. The van der Waals surface area contributed by atoms with E-state index in [9.17, 15) is 14.4 Å². The molecule has 6 rings (SSSR count). The van der Waals surface area contributed by atoms with Gasteiger partial charge in [-0.1, -0.05) is 27.7 Å². The highest BCUT2D eigenvalue weighted by atomic mass is 17.4. The Morgan fingerprint density at radius 1 is 0.844 bits per heavy atom. The average molecular weight is 634 g/mol. The van der Waals surface area contributed by atoms with Gasteiger partial charge in [0.2, 0.25) is 17.5 Å². The Morgan fingerprint density at radius 2 is 1.49 bits per heavy atom. The Morgan fingerprint density at radius 3 is 2.11 bits per heavy atom. The van der Waals surface area contributed by atoms with Crippen LogP contribution in [0.5, 0.6) is 0 Å². The quantitative estimate of drug-likeness (QED) is 0.270. The second kappa shape index (κ2) is 12.0. The summed E-state index contributed by atoms with van der Waals surface area (Å²) in [5.74, 6) is -0.882. The summed E-state index contributed by atoms with van der Waals surface area (Å²) in [6.07, 6.45) is 9.41. The van der Waals surface area contributed by atoms with Crippen molar-refractivity contribution in [2.24, 2.45) is 58.0 Å². The molecular formula is C35H55NO9. The zero-order chi connectivity index (χ0) is 32.4. The van der Waals surface area contributed by atoms with Crippen molar-refractivity contribution < 1.29 is 43.4 Å². The van der Waals surface area contributed by atoms with E-state index in [4.69, 9.17) is 34.8 Å². The lowest BCUT2D eigenvalue weighted by molar-refractivity contribution is -0.665. The summed E-state index contributed by atoms with van der Waals surface area (Å²) >= 11 is 0. The Labute approximate surface area is 267 Å². The predicted molar refractivity (Wildman–Crippen MR) is 162 cm³/mol. The molecule has 1 saturated heterocycles. The molecule has 0 aromatic carbocycles. The molecule has 1 amide bonds. The predicted octanol–water partition coefficient (Wildman–Crippen LogP) is 6.14. The molecule has 10 nitrogen and oxygen atoms in total. The molecule has 6 aliphatic rings. The SMILES string of the molecule is CC(=O)O[C@H]1CC2C(C3CC[C@H]([C@H](C)CCC(N)=O)[C@]31C)[C@H](OC(C)=O)CC1CC3(CC[C@@]12C)OOC1(CCC(C)CC1)OO3. The third kappa shape index (κ3) is 5.84. The lowest BCUT2D eigenvalue weighted by Gasteiger charge is -2.65. The number of carbonyl (C=O) groups excluding carboxylic acids is 3. The Kier molecular flexibility index (Phi) is 8.88. The Bertz CT molecular complexity index is 1140. The third-order valence-corrected chi connectivity index (χ3v) is 13.7.